The molecule has 1 N–H and O–H groups in total. The van der Waals surface area contributed by atoms with E-state index in [0.29, 0.717) is 59.5 Å². The number of fused-ring (bicyclic) bond motifs is 5. The van der Waals surface area contributed by atoms with E-state index in [-0.39, 0.29) is 52.3 Å². The summed E-state index contributed by atoms with van der Waals surface area (Å²) in [5.74, 6) is 3.28. The summed E-state index contributed by atoms with van der Waals surface area (Å²) in [5.41, 5.74) is 4.73. The molecule has 0 saturated carbocycles. The molecule has 6 aromatic rings. The van der Waals surface area contributed by atoms with Gasteiger partial charge in [0.05, 0.1) is 59.1 Å². The summed E-state index contributed by atoms with van der Waals surface area (Å²) < 4.78 is 50.6. The third-order valence-corrected chi connectivity index (χ3v) is 17.6. The van der Waals surface area contributed by atoms with Crippen LogP contribution >= 0.6 is 0 Å². The predicted molar refractivity (Wildman–Crippen MR) is 311 cm³/mol. The standard InChI is InChI=1S/C34H33F2N5O2.C21H30N4O.C8H15NO2/c1-2-23-25(35)11-9-21-7-3-8-24(27(21)23)30-29(36)31-28-26(37-30)12-10-22-19-42-18-6-17-41(22)32(28)39-33(38-31)43-20-34-13-4-15-40(34)16-5-14-34;1-5-6-9-18(21(26)22-3)20-17-11-10-16(13-19(17)24(4)23-20)25-12-7-8-15(2)14-25;1-7-3-5-9(6-4-7)8(10)11-2/h1,3,7-9,11,22H,4-6,10,12-20H2;5,10-11,13,15,18H,1,6-9,12,14H2,2-4H3,(H,22,26);7H,3-6H2,1-2H3. The molecule has 6 aliphatic rings. The van der Waals surface area contributed by atoms with Crippen molar-refractivity contribution in [1.82, 2.24) is 39.8 Å². The molecule has 3 aromatic heterocycles. The van der Waals surface area contributed by atoms with Crippen molar-refractivity contribution in [2.45, 2.75) is 115 Å². The fraction of sp³-hybridized carbons (Fsp3) is 0.524. The van der Waals surface area contributed by atoms with Crippen LogP contribution in [0, 0.1) is 35.8 Å². The second-order valence-electron chi connectivity index (χ2n) is 22.8. The van der Waals surface area contributed by atoms with Crippen molar-refractivity contribution in [2.24, 2.45) is 18.9 Å². The number of nitrogens with one attached hydrogen (secondary N) is 1. The summed E-state index contributed by atoms with van der Waals surface area (Å²) in [6, 6.07) is 15.2. The van der Waals surface area contributed by atoms with Crippen molar-refractivity contribution in [3.63, 3.8) is 0 Å². The van der Waals surface area contributed by atoms with Crippen LogP contribution in [-0.4, -0.2) is 138 Å². The fourth-order valence-electron chi connectivity index (χ4n) is 13.2. The molecule has 9 heterocycles. The molecule has 3 atom stereocenters. The van der Waals surface area contributed by atoms with Gasteiger partial charge in [-0.25, -0.2) is 18.6 Å². The minimum absolute atomic E-state index is 0.00280. The Morgan fingerprint density at radius 2 is 1.75 bits per heavy atom. The molecule has 424 valence electrons. The van der Waals surface area contributed by atoms with E-state index in [0.717, 1.165) is 138 Å². The van der Waals surface area contributed by atoms with E-state index < -0.39 is 11.6 Å². The Balaban J connectivity index is 0.000000164. The largest absolute Gasteiger partial charge is 0.461 e. The maximum Gasteiger partial charge on any atom is 0.409 e. The Hall–Kier alpha value is -6.90. The highest BCUT2D eigenvalue weighted by Crippen LogP contribution is 2.43. The number of aryl methyl sites for hydroxylation is 2. The number of halogens is 2. The van der Waals surface area contributed by atoms with Crippen molar-refractivity contribution in [1.29, 1.82) is 0 Å². The van der Waals surface area contributed by atoms with Crippen LogP contribution in [0.15, 0.2) is 61.2 Å². The molecular weight excluding hydrogens is 1010 g/mol. The summed E-state index contributed by atoms with van der Waals surface area (Å²) in [6.07, 6.45) is 20.4. The highest BCUT2D eigenvalue weighted by Gasteiger charge is 2.45. The quantitative estimate of drug-likeness (QED) is 0.103. The van der Waals surface area contributed by atoms with Crippen LogP contribution in [0.4, 0.5) is 25.1 Å². The Kier molecular flexibility index (Phi) is 17.5. The molecule has 3 aromatic carbocycles. The molecule has 17 heteroatoms. The SMILES string of the molecule is C#Cc1c(F)ccc2cccc(-c3nc4c5c(nc(OCC67CCCN6CCC7)nc5c3F)N3CCCOCC3CC4)c12.C=CCCC(C(=O)NC)c1nn(C)c2cc(N3CCCC(C)C3)ccc12.COC(=O)N1CCC(C)CC1. The molecule has 6 aliphatic heterocycles. The first kappa shape index (κ1) is 56.4. The lowest BCUT2D eigenvalue weighted by Crippen LogP contribution is -2.43. The van der Waals surface area contributed by atoms with Gasteiger partial charge < -0.3 is 34.2 Å². The lowest BCUT2D eigenvalue weighted by Gasteiger charge is -2.32. The van der Waals surface area contributed by atoms with Crippen molar-refractivity contribution in [2.75, 3.05) is 89.6 Å². The van der Waals surface area contributed by atoms with Crippen LogP contribution in [0.1, 0.15) is 114 Å². The Morgan fingerprint density at radius 1 is 0.950 bits per heavy atom. The number of carbonyl (C=O) groups is 2. The highest BCUT2D eigenvalue weighted by molar-refractivity contribution is 6.03. The first-order chi connectivity index (χ1) is 38.8. The van der Waals surface area contributed by atoms with E-state index in [2.05, 4.69) is 69.3 Å². The van der Waals surface area contributed by atoms with Gasteiger partial charge in [0.2, 0.25) is 5.91 Å². The van der Waals surface area contributed by atoms with Gasteiger partial charge in [-0.05, 0) is 138 Å². The summed E-state index contributed by atoms with van der Waals surface area (Å²) in [6.45, 7) is 16.9. The average Bonchev–Trinajstić information content (AvgIpc) is 4.09. The van der Waals surface area contributed by atoms with Gasteiger partial charge in [-0.3, -0.25) is 14.4 Å². The van der Waals surface area contributed by atoms with Crippen LogP contribution in [0.25, 0.3) is 43.8 Å². The number of benzene rings is 3. The van der Waals surface area contributed by atoms with Crippen molar-refractivity contribution >= 4 is 56.1 Å². The summed E-state index contributed by atoms with van der Waals surface area (Å²) in [5, 5.41) is 10.4. The third-order valence-electron chi connectivity index (χ3n) is 17.6. The van der Waals surface area contributed by atoms with Crippen LogP contribution in [0.5, 0.6) is 6.01 Å². The minimum Gasteiger partial charge on any atom is -0.461 e. The molecule has 5 saturated heterocycles. The number of likely N-dealkylation sites (N-methyl/N-ethyl adjacent to an activating group) is 1. The maximum atomic E-state index is 16.9. The van der Waals surface area contributed by atoms with E-state index in [1.807, 2.05) is 29.9 Å². The minimum atomic E-state index is -0.585. The average molecular weight is 1090 g/mol. The number of pyridine rings is 1. The number of allylic oxidation sites excluding steroid dienone is 1. The van der Waals surface area contributed by atoms with Crippen LogP contribution < -0.4 is 19.9 Å². The summed E-state index contributed by atoms with van der Waals surface area (Å²) in [4.78, 5) is 47.0. The number of aromatic nitrogens is 5. The number of rotatable bonds is 10. The first-order valence-corrected chi connectivity index (χ1v) is 29.0. The molecule has 0 bridgehead atoms. The number of terminal acetylenes is 1. The number of methoxy groups -OCH3 is 1. The molecule has 5 fully saturated rings. The number of hydrogen-bond donors (Lipinski definition) is 1. The molecule has 0 aliphatic carbocycles. The van der Waals surface area contributed by atoms with Gasteiger partial charge >= 0.3 is 12.1 Å². The van der Waals surface area contributed by atoms with E-state index in [1.54, 1.807) is 24.1 Å². The molecule has 0 spiro atoms. The van der Waals surface area contributed by atoms with Gasteiger partial charge in [0.1, 0.15) is 29.5 Å². The zero-order valence-corrected chi connectivity index (χ0v) is 47.4. The molecule has 15 nitrogen and oxygen atoms in total. The van der Waals surface area contributed by atoms with Crippen molar-refractivity contribution in [3.05, 3.63) is 89.8 Å². The predicted octanol–water partition coefficient (Wildman–Crippen LogP) is 10.7. The maximum absolute atomic E-state index is 16.9. The molecule has 0 radical (unpaired) electrons. The monoisotopic (exact) mass is 1090 g/mol. The van der Waals surface area contributed by atoms with Crippen molar-refractivity contribution < 1.29 is 32.6 Å². The van der Waals surface area contributed by atoms with Gasteiger partial charge in [-0.1, -0.05) is 50.1 Å². The number of anilines is 2. The number of piperidine rings is 2. The topological polar surface area (TPSA) is 143 Å². The van der Waals surface area contributed by atoms with Gasteiger partial charge in [-0.15, -0.1) is 13.0 Å². The van der Waals surface area contributed by atoms with Crippen LogP contribution in [0.3, 0.4) is 0 Å². The second-order valence-corrected chi connectivity index (χ2v) is 22.8. The third kappa shape index (κ3) is 11.5. The number of nitrogens with zero attached hydrogens (tertiary/aromatic N) is 9. The van der Waals surface area contributed by atoms with Gasteiger partial charge in [0, 0.05) is 75.4 Å². The van der Waals surface area contributed by atoms with Crippen LogP contribution in [0.2, 0.25) is 0 Å². The highest BCUT2D eigenvalue weighted by atomic mass is 19.1. The Bertz CT molecular complexity index is 3270. The van der Waals surface area contributed by atoms with Gasteiger partial charge in [-0.2, -0.15) is 15.1 Å². The lowest BCUT2D eigenvalue weighted by molar-refractivity contribution is -0.122. The van der Waals surface area contributed by atoms with Gasteiger partial charge in [0.15, 0.2) is 5.82 Å². The summed E-state index contributed by atoms with van der Waals surface area (Å²) in [7, 11) is 5.08. The zero-order chi connectivity index (χ0) is 56.1. The van der Waals surface area contributed by atoms with E-state index in [9.17, 15) is 14.0 Å². The Morgan fingerprint density at radius 3 is 2.49 bits per heavy atom. The van der Waals surface area contributed by atoms with Crippen LogP contribution in [-0.2, 0) is 27.7 Å². The molecular formula is C63H78F2N10O5. The fourth-order valence-corrected chi connectivity index (χ4v) is 13.2. The molecule has 12 rings (SSSR count). The smallest absolute Gasteiger partial charge is 0.409 e. The van der Waals surface area contributed by atoms with Crippen molar-refractivity contribution in [3.8, 4) is 29.6 Å². The van der Waals surface area contributed by atoms with E-state index >= 15 is 4.39 Å². The summed E-state index contributed by atoms with van der Waals surface area (Å²) >= 11 is 0. The van der Waals surface area contributed by atoms with Gasteiger partial charge in [0.25, 0.3) is 0 Å². The molecule has 3 unspecified atom stereocenters. The number of ether oxygens (including phenoxy) is 3. The number of hydrogen-bond acceptors (Lipinski definition) is 12. The first-order valence-electron chi connectivity index (χ1n) is 29.0. The number of likely N-dealkylation sites (tertiary alicyclic amines) is 1. The Labute approximate surface area is 469 Å². The second kappa shape index (κ2) is 24.9. The van der Waals surface area contributed by atoms with E-state index in [1.165, 1.54) is 31.7 Å². The number of amides is 2. The molecule has 2 amide bonds. The zero-order valence-electron chi connectivity index (χ0n) is 47.4. The lowest BCUT2D eigenvalue weighted by atomic mass is 9.95. The normalized spacial score (nSPS) is 20.3. The number of carbonyl (C=O) groups excluding carboxylic acids is 2. The molecule has 80 heavy (non-hydrogen) atoms. The van der Waals surface area contributed by atoms with E-state index in [4.69, 9.17) is 35.9 Å².